The summed E-state index contributed by atoms with van der Waals surface area (Å²) in [5.74, 6) is -0.0904. The van der Waals surface area contributed by atoms with E-state index in [0.717, 1.165) is 0 Å². The van der Waals surface area contributed by atoms with Gasteiger partial charge in [-0.1, -0.05) is 41.5 Å². The van der Waals surface area contributed by atoms with Crippen molar-refractivity contribution in [1.82, 2.24) is 0 Å². The van der Waals surface area contributed by atoms with Gasteiger partial charge in [0.25, 0.3) is 0 Å². The fourth-order valence-corrected chi connectivity index (χ4v) is 3.83. The van der Waals surface area contributed by atoms with E-state index in [4.69, 9.17) is 14.1 Å². The molecule has 0 aliphatic heterocycles. The number of Topliss-reactive ketones (excluding diaryl/α,β-unsaturated/α-hetero) is 1. The normalized spacial score (nSPS) is 14.3. The van der Waals surface area contributed by atoms with E-state index in [2.05, 4.69) is 67.7 Å². The highest BCUT2D eigenvalue weighted by molar-refractivity contribution is 6.74. The zero-order valence-electron chi connectivity index (χ0n) is 18.3. The van der Waals surface area contributed by atoms with Crippen LogP contribution < -0.4 is 0 Å². The van der Waals surface area contributed by atoms with Crippen LogP contribution in [0.2, 0.25) is 36.3 Å². The van der Waals surface area contributed by atoms with E-state index in [1.54, 1.807) is 0 Å². The minimum Gasteiger partial charge on any atom is -0.416 e. The molecule has 0 radical (unpaired) electrons. The van der Waals surface area contributed by atoms with Crippen LogP contribution in [0.25, 0.3) is 0 Å². The van der Waals surface area contributed by atoms with Gasteiger partial charge >= 0.3 is 0 Å². The van der Waals surface area contributed by atoms with Gasteiger partial charge in [0.15, 0.2) is 22.4 Å². The van der Waals surface area contributed by atoms with Gasteiger partial charge in [0.2, 0.25) is 0 Å². The Morgan fingerprint density at radius 1 is 0.840 bits per heavy atom. The second-order valence-corrected chi connectivity index (χ2v) is 20.0. The fraction of sp³-hybridized carbons (Fsp3) is 0.895. The minimum absolute atomic E-state index is 0.0759. The molecule has 0 heterocycles. The lowest BCUT2D eigenvalue weighted by Crippen LogP contribution is -2.49. The average molecular weight is 386 g/mol. The average Bonchev–Trinajstić information content (AvgIpc) is 2.41. The van der Waals surface area contributed by atoms with Gasteiger partial charge in [0.05, 0.1) is 17.9 Å². The third-order valence-corrected chi connectivity index (χ3v) is 15.0. The summed E-state index contributed by atoms with van der Waals surface area (Å²) in [4.78, 5) is 12.6. The van der Waals surface area contributed by atoms with E-state index < -0.39 is 22.0 Å². The number of nitriles is 1. The first kappa shape index (κ1) is 24.5. The van der Waals surface area contributed by atoms with Crippen molar-refractivity contribution in [3.8, 4) is 6.07 Å². The molecule has 0 amide bonds. The fourth-order valence-electron chi connectivity index (χ4n) is 1.60. The molecule has 0 rings (SSSR count). The van der Waals surface area contributed by atoms with E-state index in [-0.39, 0.29) is 22.3 Å². The molecule has 0 unspecified atom stereocenters. The summed E-state index contributed by atoms with van der Waals surface area (Å²) in [5.41, 5.74) is -0.777. The molecule has 146 valence electrons. The van der Waals surface area contributed by atoms with Crippen molar-refractivity contribution in [3.05, 3.63) is 0 Å². The highest BCUT2D eigenvalue weighted by Gasteiger charge is 2.44. The molecule has 0 atom stereocenters. The minimum atomic E-state index is -1.97. The second-order valence-electron chi connectivity index (χ2n) is 10.4. The molecule has 0 aromatic heterocycles. The Balaban J connectivity index is 5.36. The predicted molar refractivity (Wildman–Crippen MR) is 110 cm³/mol. The Morgan fingerprint density at radius 2 is 1.16 bits per heavy atom. The van der Waals surface area contributed by atoms with Crippen LogP contribution in [-0.2, 0) is 13.6 Å². The zero-order chi connectivity index (χ0) is 20.3. The lowest BCUT2D eigenvalue weighted by molar-refractivity contribution is -0.130. The van der Waals surface area contributed by atoms with Crippen molar-refractivity contribution in [3.63, 3.8) is 0 Å². The molecule has 0 N–H and O–H groups in total. The Morgan fingerprint density at radius 3 is 1.40 bits per heavy atom. The molecule has 6 heteroatoms. The van der Waals surface area contributed by atoms with Crippen LogP contribution in [0.3, 0.4) is 0 Å². The Kier molecular flexibility index (Phi) is 7.88. The number of hydrogen-bond acceptors (Lipinski definition) is 4. The predicted octanol–water partition coefficient (Wildman–Crippen LogP) is 5.52. The summed E-state index contributed by atoms with van der Waals surface area (Å²) in [6.07, 6.45) is -0.0990. The van der Waals surface area contributed by atoms with E-state index in [9.17, 15) is 4.79 Å². The monoisotopic (exact) mass is 385 g/mol. The van der Waals surface area contributed by atoms with Crippen molar-refractivity contribution < 1.29 is 13.6 Å². The molecule has 0 bridgehead atoms. The van der Waals surface area contributed by atoms with Gasteiger partial charge in [-0.3, -0.25) is 4.79 Å². The first-order chi connectivity index (χ1) is 10.9. The molecule has 0 aromatic carbocycles. The molecule has 0 aromatic rings. The molecular formula is C19H39NO3Si2. The van der Waals surface area contributed by atoms with Crippen LogP contribution >= 0.6 is 0 Å². The number of hydrogen-bond donors (Lipinski definition) is 0. The molecule has 0 fully saturated rings. The van der Waals surface area contributed by atoms with Gasteiger partial charge in [-0.05, 0) is 43.2 Å². The Hall–Kier alpha value is -0.486. The third kappa shape index (κ3) is 6.63. The third-order valence-electron chi connectivity index (χ3n) is 6.03. The maximum Gasteiger partial charge on any atom is 0.192 e. The summed E-state index contributed by atoms with van der Waals surface area (Å²) in [7, 11) is -3.95. The van der Waals surface area contributed by atoms with Crippen LogP contribution in [0, 0.1) is 16.7 Å². The van der Waals surface area contributed by atoms with Crippen LogP contribution in [0.4, 0.5) is 0 Å². The van der Waals surface area contributed by atoms with Crippen molar-refractivity contribution >= 4 is 22.4 Å². The van der Waals surface area contributed by atoms with Crippen LogP contribution in [-0.4, -0.2) is 35.6 Å². The van der Waals surface area contributed by atoms with Crippen LogP contribution in [0.5, 0.6) is 0 Å². The van der Waals surface area contributed by atoms with E-state index in [1.165, 1.54) is 0 Å². The van der Waals surface area contributed by atoms with Crippen molar-refractivity contribution in [2.75, 3.05) is 13.2 Å². The molecule has 0 aliphatic carbocycles. The van der Waals surface area contributed by atoms with Gasteiger partial charge in [0.1, 0.15) is 0 Å². The highest BCUT2D eigenvalue weighted by atomic mass is 28.4. The summed E-state index contributed by atoms with van der Waals surface area (Å²) < 4.78 is 12.6. The van der Waals surface area contributed by atoms with Crippen LogP contribution in [0.1, 0.15) is 54.9 Å². The standard InChI is InChI=1S/C19H39NO3Si2/c1-17(2,3)24(8,9)22-14-19(7,16(21)12-13-20)15-23-25(10,11)18(4,5)6/h12,14-15H2,1-11H3. The van der Waals surface area contributed by atoms with E-state index in [1.807, 2.05) is 13.0 Å². The first-order valence-electron chi connectivity index (χ1n) is 9.08. The van der Waals surface area contributed by atoms with Crippen LogP contribution in [0.15, 0.2) is 0 Å². The quantitative estimate of drug-likeness (QED) is 0.516. The summed E-state index contributed by atoms with van der Waals surface area (Å²) in [5, 5.41) is 9.13. The number of carbonyl (C=O) groups is 1. The number of rotatable bonds is 8. The maximum absolute atomic E-state index is 12.6. The largest absolute Gasteiger partial charge is 0.416 e. The molecule has 0 aliphatic rings. The van der Waals surface area contributed by atoms with Crippen molar-refractivity contribution in [1.29, 1.82) is 5.26 Å². The smallest absolute Gasteiger partial charge is 0.192 e. The highest BCUT2D eigenvalue weighted by Crippen LogP contribution is 2.40. The lowest BCUT2D eigenvalue weighted by atomic mass is 9.86. The van der Waals surface area contributed by atoms with Gasteiger partial charge in [-0.25, -0.2) is 0 Å². The molecule has 4 nitrogen and oxygen atoms in total. The van der Waals surface area contributed by atoms with E-state index >= 15 is 0 Å². The van der Waals surface area contributed by atoms with Gasteiger partial charge in [-0.15, -0.1) is 0 Å². The Labute approximate surface area is 157 Å². The van der Waals surface area contributed by atoms with Gasteiger partial charge in [-0.2, -0.15) is 5.26 Å². The number of carbonyl (C=O) groups excluding carboxylic acids is 1. The van der Waals surface area contributed by atoms with Crippen molar-refractivity contribution in [2.45, 2.75) is 91.2 Å². The molecule has 25 heavy (non-hydrogen) atoms. The number of nitrogens with zero attached hydrogens (tertiary/aromatic N) is 1. The zero-order valence-corrected chi connectivity index (χ0v) is 20.3. The summed E-state index contributed by atoms with van der Waals surface area (Å²) >= 11 is 0. The number of ketones is 1. The molecule has 0 saturated heterocycles. The second kappa shape index (κ2) is 8.04. The topological polar surface area (TPSA) is 59.3 Å². The summed E-state index contributed by atoms with van der Waals surface area (Å²) in [6, 6.07) is 1.99. The lowest BCUT2D eigenvalue weighted by Gasteiger charge is -2.42. The SMILES string of the molecule is CC(CO[Si](C)(C)C(C)(C)C)(CO[Si](C)(C)C(C)(C)C)C(=O)CC#N. The van der Waals surface area contributed by atoms with E-state index in [0.29, 0.717) is 13.2 Å². The van der Waals surface area contributed by atoms with Gasteiger partial charge < -0.3 is 8.85 Å². The molecule has 0 spiro atoms. The maximum atomic E-state index is 12.6. The Bertz CT molecular complexity index is 478. The molecular weight excluding hydrogens is 346 g/mol. The first-order valence-corrected chi connectivity index (χ1v) is 14.9. The van der Waals surface area contributed by atoms with Crippen molar-refractivity contribution in [2.24, 2.45) is 5.41 Å². The molecule has 0 saturated carbocycles. The summed E-state index contributed by atoms with van der Waals surface area (Å²) in [6.45, 7) is 24.3. The van der Waals surface area contributed by atoms with Gasteiger partial charge in [0, 0.05) is 13.2 Å².